The fourth-order valence-corrected chi connectivity index (χ4v) is 4.45. The van der Waals surface area contributed by atoms with Crippen LogP contribution < -0.4 is 9.64 Å². The Hall–Kier alpha value is -4.00. The van der Waals surface area contributed by atoms with E-state index in [1.165, 1.54) is 0 Å². The van der Waals surface area contributed by atoms with E-state index in [1.807, 2.05) is 42.6 Å². The van der Waals surface area contributed by atoms with Gasteiger partial charge in [-0.3, -0.25) is 0 Å². The number of benzene rings is 2. The van der Waals surface area contributed by atoms with Crippen LogP contribution in [-0.2, 0) is 11.3 Å². The lowest BCUT2D eigenvalue weighted by Crippen LogP contribution is -2.48. The van der Waals surface area contributed by atoms with Gasteiger partial charge in [0.15, 0.2) is 0 Å². The maximum absolute atomic E-state index is 12.4. The van der Waals surface area contributed by atoms with Crippen LogP contribution >= 0.6 is 0 Å². The Labute approximate surface area is 199 Å². The molecule has 34 heavy (non-hydrogen) atoms. The first kappa shape index (κ1) is 21.8. The van der Waals surface area contributed by atoms with Gasteiger partial charge in [0.05, 0.1) is 12.6 Å². The number of carbonyl (C=O) groups is 1. The van der Waals surface area contributed by atoms with Crippen molar-refractivity contribution in [2.75, 3.05) is 38.2 Å². The summed E-state index contributed by atoms with van der Waals surface area (Å²) in [5.74, 6) is 0.601. The Morgan fingerprint density at radius 2 is 1.65 bits per heavy atom. The lowest BCUT2D eigenvalue weighted by Gasteiger charge is -2.35. The predicted octanol–water partition coefficient (Wildman–Crippen LogP) is 4.80. The molecule has 1 fully saturated rings. The summed E-state index contributed by atoms with van der Waals surface area (Å²) in [4.78, 5) is 20.8. The number of nitrogens with zero attached hydrogens (tertiary/aromatic N) is 4. The monoisotopic (exact) mass is 456 g/mol. The van der Waals surface area contributed by atoms with Crippen LogP contribution in [0.15, 0.2) is 72.9 Å². The molecule has 1 amide bonds. The minimum absolute atomic E-state index is 0.251. The fourth-order valence-electron chi connectivity index (χ4n) is 4.45. The molecule has 0 saturated carbocycles. The van der Waals surface area contributed by atoms with Gasteiger partial charge in [-0.1, -0.05) is 30.3 Å². The molecule has 5 rings (SSSR count). The molecule has 0 unspecified atom stereocenters. The molecule has 0 spiro atoms. The van der Waals surface area contributed by atoms with Crippen molar-refractivity contribution in [3.8, 4) is 11.6 Å². The van der Waals surface area contributed by atoms with Gasteiger partial charge < -0.3 is 23.8 Å². The molecule has 1 aliphatic rings. The van der Waals surface area contributed by atoms with Crippen LogP contribution in [0.1, 0.15) is 11.3 Å². The minimum atomic E-state index is -0.251. The predicted molar refractivity (Wildman–Crippen MR) is 133 cm³/mol. The summed E-state index contributed by atoms with van der Waals surface area (Å²) in [5, 5.41) is 1.08. The summed E-state index contributed by atoms with van der Waals surface area (Å²) in [7, 11) is 1.63. The molecule has 7 heteroatoms. The topological polar surface area (TPSA) is 59.8 Å². The van der Waals surface area contributed by atoms with Crippen molar-refractivity contribution < 1.29 is 14.3 Å². The number of methoxy groups -OCH3 is 1. The maximum Gasteiger partial charge on any atom is 0.410 e. The quantitative estimate of drug-likeness (QED) is 0.432. The van der Waals surface area contributed by atoms with Crippen molar-refractivity contribution in [1.29, 1.82) is 0 Å². The molecular weight excluding hydrogens is 428 g/mol. The molecule has 0 radical (unpaired) electrons. The molecule has 0 N–H and O–H groups in total. The Morgan fingerprint density at radius 1 is 0.941 bits per heavy atom. The molecule has 174 valence electrons. The second-order valence-electron chi connectivity index (χ2n) is 8.44. The third-order valence-electron chi connectivity index (χ3n) is 6.27. The van der Waals surface area contributed by atoms with Crippen molar-refractivity contribution >= 4 is 22.7 Å². The molecule has 1 saturated heterocycles. The van der Waals surface area contributed by atoms with Crippen molar-refractivity contribution in [2.24, 2.45) is 0 Å². The first-order valence-electron chi connectivity index (χ1n) is 11.5. The first-order chi connectivity index (χ1) is 16.6. The van der Waals surface area contributed by atoms with Crippen molar-refractivity contribution in [2.45, 2.75) is 13.5 Å². The summed E-state index contributed by atoms with van der Waals surface area (Å²) in [6.45, 7) is 5.22. The second-order valence-corrected chi connectivity index (χ2v) is 8.44. The molecular formula is C27H28N4O3. The Morgan fingerprint density at radius 3 is 2.35 bits per heavy atom. The van der Waals surface area contributed by atoms with E-state index in [-0.39, 0.29) is 6.09 Å². The number of aryl methyl sites for hydroxylation is 1. The van der Waals surface area contributed by atoms with Crippen molar-refractivity contribution in [3.63, 3.8) is 0 Å². The third kappa shape index (κ3) is 4.41. The van der Waals surface area contributed by atoms with Crippen LogP contribution in [0.5, 0.6) is 5.88 Å². The van der Waals surface area contributed by atoms with Crippen LogP contribution in [0.2, 0.25) is 0 Å². The SMILES string of the molecule is COc1cc2c(cn1)cc(C)n2-c1ccc(N2CCN(C(=O)OCc3ccccc3)CC2)cc1. The average molecular weight is 457 g/mol. The second kappa shape index (κ2) is 9.47. The molecule has 1 aliphatic heterocycles. The summed E-state index contributed by atoms with van der Waals surface area (Å²) >= 11 is 0. The number of pyridine rings is 1. The summed E-state index contributed by atoms with van der Waals surface area (Å²) in [5.41, 5.74) is 5.44. The van der Waals surface area contributed by atoms with Gasteiger partial charge in [-0.2, -0.15) is 0 Å². The number of anilines is 1. The number of carbonyl (C=O) groups excluding carboxylic acids is 1. The summed E-state index contributed by atoms with van der Waals surface area (Å²) in [6.07, 6.45) is 1.59. The molecule has 0 bridgehead atoms. The maximum atomic E-state index is 12.4. The number of rotatable bonds is 5. The van der Waals surface area contributed by atoms with Crippen LogP contribution in [-0.4, -0.2) is 53.8 Å². The first-order valence-corrected chi connectivity index (χ1v) is 11.5. The van der Waals surface area contributed by atoms with E-state index in [9.17, 15) is 4.79 Å². The van der Waals surface area contributed by atoms with Crippen LogP contribution in [0, 0.1) is 6.92 Å². The van der Waals surface area contributed by atoms with Crippen LogP contribution in [0.4, 0.5) is 10.5 Å². The standard InChI is InChI=1S/C27H28N4O3/c1-20-16-22-18-28-26(33-2)17-25(22)31(20)24-10-8-23(9-11-24)29-12-14-30(15-13-29)27(32)34-19-21-6-4-3-5-7-21/h3-11,16-18H,12-15,19H2,1-2H3. The van der Waals surface area contributed by atoms with Crippen LogP contribution in [0.3, 0.4) is 0 Å². The lowest BCUT2D eigenvalue weighted by molar-refractivity contribution is 0.0942. The van der Waals surface area contributed by atoms with E-state index in [1.54, 1.807) is 12.0 Å². The highest BCUT2D eigenvalue weighted by Crippen LogP contribution is 2.27. The molecule has 4 aromatic rings. The highest BCUT2D eigenvalue weighted by atomic mass is 16.6. The number of hydrogen-bond acceptors (Lipinski definition) is 5. The van der Waals surface area contributed by atoms with Gasteiger partial charge in [0.1, 0.15) is 6.61 Å². The number of piperazine rings is 1. The number of fused-ring (bicyclic) bond motifs is 1. The van der Waals surface area contributed by atoms with Gasteiger partial charge in [-0.05, 0) is 42.8 Å². The molecule has 7 nitrogen and oxygen atoms in total. The summed E-state index contributed by atoms with van der Waals surface area (Å²) in [6, 6.07) is 22.4. The van der Waals surface area contributed by atoms with E-state index < -0.39 is 0 Å². The molecule has 2 aromatic carbocycles. The Kier molecular flexibility index (Phi) is 6.08. The normalized spacial score (nSPS) is 13.8. The molecule has 0 aliphatic carbocycles. The fraction of sp³-hybridized carbons (Fsp3) is 0.259. The number of aromatic nitrogens is 2. The average Bonchev–Trinajstić information content (AvgIpc) is 3.22. The largest absolute Gasteiger partial charge is 0.481 e. The molecule has 3 heterocycles. The van der Waals surface area contributed by atoms with E-state index in [0.29, 0.717) is 25.6 Å². The van der Waals surface area contributed by atoms with Gasteiger partial charge in [-0.15, -0.1) is 0 Å². The van der Waals surface area contributed by atoms with Gasteiger partial charge in [0.2, 0.25) is 5.88 Å². The van der Waals surface area contributed by atoms with E-state index in [4.69, 9.17) is 9.47 Å². The molecule has 2 aromatic heterocycles. The van der Waals surface area contributed by atoms with Gasteiger partial charge in [0, 0.05) is 60.9 Å². The number of hydrogen-bond donors (Lipinski definition) is 0. The number of amides is 1. The zero-order chi connectivity index (χ0) is 23.5. The third-order valence-corrected chi connectivity index (χ3v) is 6.27. The Bertz CT molecular complexity index is 1280. The zero-order valence-corrected chi connectivity index (χ0v) is 19.5. The van der Waals surface area contributed by atoms with E-state index in [2.05, 4.69) is 51.7 Å². The highest BCUT2D eigenvalue weighted by Gasteiger charge is 2.22. The van der Waals surface area contributed by atoms with E-state index >= 15 is 0 Å². The Balaban J connectivity index is 1.23. The van der Waals surface area contributed by atoms with Crippen molar-refractivity contribution in [3.05, 3.63) is 84.2 Å². The highest BCUT2D eigenvalue weighted by molar-refractivity contribution is 5.83. The van der Waals surface area contributed by atoms with Gasteiger partial charge >= 0.3 is 6.09 Å². The smallest absolute Gasteiger partial charge is 0.410 e. The van der Waals surface area contributed by atoms with E-state index in [0.717, 1.165) is 46.6 Å². The lowest BCUT2D eigenvalue weighted by atomic mass is 10.2. The van der Waals surface area contributed by atoms with Crippen molar-refractivity contribution in [1.82, 2.24) is 14.5 Å². The summed E-state index contributed by atoms with van der Waals surface area (Å²) < 4.78 is 13.0. The molecule has 0 atom stereocenters. The van der Waals surface area contributed by atoms with Gasteiger partial charge in [0.25, 0.3) is 0 Å². The van der Waals surface area contributed by atoms with Gasteiger partial charge in [-0.25, -0.2) is 9.78 Å². The minimum Gasteiger partial charge on any atom is -0.481 e. The van der Waals surface area contributed by atoms with Crippen LogP contribution in [0.25, 0.3) is 16.6 Å². The zero-order valence-electron chi connectivity index (χ0n) is 19.5. The number of ether oxygens (including phenoxy) is 2.